The van der Waals surface area contributed by atoms with E-state index in [9.17, 15) is 4.79 Å². The predicted octanol–water partition coefficient (Wildman–Crippen LogP) is -0.859. The molecule has 0 aliphatic heterocycles. The minimum atomic E-state index is -0.381. The topological polar surface area (TPSA) is 72.3 Å². The Kier molecular flexibility index (Phi) is 4.81. The molecule has 0 spiro atoms. The maximum atomic E-state index is 11.1. The van der Waals surface area contributed by atoms with Crippen molar-refractivity contribution < 1.29 is 4.79 Å². The lowest BCUT2D eigenvalue weighted by atomic mass is 10.1. The SMILES string of the molecule is CN(C)C(=O)C(N)CCCN. The minimum absolute atomic E-state index is 0.0292. The van der Waals surface area contributed by atoms with Crippen molar-refractivity contribution in [1.82, 2.24) is 4.90 Å². The average Bonchev–Trinajstić information content (AvgIpc) is 1.98. The zero-order chi connectivity index (χ0) is 8.85. The van der Waals surface area contributed by atoms with Crippen LogP contribution in [0.25, 0.3) is 0 Å². The monoisotopic (exact) mass is 159 g/mol. The normalized spacial score (nSPS) is 12.7. The molecule has 0 aliphatic carbocycles. The average molecular weight is 159 g/mol. The Morgan fingerprint density at radius 2 is 2.09 bits per heavy atom. The number of amides is 1. The van der Waals surface area contributed by atoms with Gasteiger partial charge in [0.2, 0.25) is 5.91 Å². The van der Waals surface area contributed by atoms with Gasteiger partial charge in [-0.25, -0.2) is 0 Å². The molecule has 1 unspecified atom stereocenters. The molecule has 0 fully saturated rings. The molecule has 0 aromatic rings. The molecule has 0 aromatic heterocycles. The van der Waals surface area contributed by atoms with Gasteiger partial charge in [-0.3, -0.25) is 4.79 Å². The number of hydrogen-bond donors (Lipinski definition) is 2. The molecule has 0 bridgehead atoms. The van der Waals surface area contributed by atoms with Crippen LogP contribution in [-0.4, -0.2) is 37.5 Å². The molecule has 4 nitrogen and oxygen atoms in total. The minimum Gasteiger partial charge on any atom is -0.347 e. The molecule has 0 aliphatic rings. The van der Waals surface area contributed by atoms with Crippen LogP contribution in [0.5, 0.6) is 0 Å². The van der Waals surface area contributed by atoms with Gasteiger partial charge in [0.15, 0.2) is 0 Å². The van der Waals surface area contributed by atoms with E-state index in [-0.39, 0.29) is 11.9 Å². The lowest BCUT2D eigenvalue weighted by molar-refractivity contribution is -0.130. The third kappa shape index (κ3) is 3.95. The number of hydrogen-bond acceptors (Lipinski definition) is 3. The van der Waals surface area contributed by atoms with Gasteiger partial charge in [0.1, 0.15) is 0 Å². The van der Waals surface area contributed by atoms with Gasteiger partial charge in [-0.1, -0.05) is 0 Å². The summed E-state index contributed by atoms with van der Waals surface area (Å²) < 4.78 is 0. The summed E-state index contributed by atoms with van der Waals surface area (Å²) in [6.07, 6.45) is 1.48. The van der Waals surface area contributed by atoms with Gasteiger partial charge in [0, 0.05) is 14.1 Å². The number of carbonyl (C=O) groups excluding carboxylic acids is 1. The van der Waals surface area contributed by atoms with Crippen LogP contribution in [0.1, 0.15) is 12.8 Å². The van der Waals surface area contributed by atoms with Crippen LogP contribution in [0.15, 0.2) is 0 Å². The summed E-state index contributed by atoms with van der Waals surface area (Å²) >= 11 is 0. The Hall–Kier alpha value is -0.610. The highest BCUT2D eigenvalue weighted by Gasteiger charge is 2.13. The van der Waals surface area contributed by atoms with Gasteiger partial charge in [-0.15, -0.1) is 0 Å². The van der Waals surface area contributed by atoms with E-state index < -0.39 is 0 Å². The van der Waals surface area contributed by atoms with Crippen molar-refractivity contribution in [3.05, 3.63) is 0 Å². The second kappa shape index (κ2) is 5.09. The molecule has 0 saturated carbocycles. The third-order valence-corrected chi connectivity index (χ3v) is 1.48. The first-order chi connectivity index (χ1) is 5.09. The van der Waals surface area contributed by atoms with Crippen LogP contribution in [0, 0.1) is 0 Å². The quantitative estimate of drug-likeness (QED) is 0.560. The van der Waals surface area contributed by atoms with E-state index in [0.29, 0.717) is 13.0 Å². The molecule has 0 rings (SSSR count). The van der Waals surface area contributed by atoms with Gasteiger partial charge < -0.3 is 16.4 Å². The molecule has 11 heavy (non-hydrogen) atoms. The van der Waals surface area contributed by atoms with Gasteiger partial charge in [0.05, 0.1) is 6.04 Å². The predicted molar refractivity (Wildman–Crippen MR) is 45.0 cm³/mol. The van der Waals surface area contributed by atoms with Crippen LogP contribution in [-0.2, 0) is 4.79 Å². The van der Waals surface area contributed by atoms with Crippen LogP contribution >= 0.6 is 0 Å². The van der Waals surface area contributed by atoms with Crippen molar-refractivity contribution in [2.24, 2.45) is 11.5 Å². The number of likely N-dealkylation sites (N-methyl/N-ethyl adjacent to an activating group) is 1. The molecule has 0 heterocycles. The van der Waals surface area contributed by atoms with Crippen LogP contribution in [0.3, 0.4) is 0 Å². The van der Waals surface area contributed by atoms with E-state index in [1.807, 2.05) is 0 Å². The van der Waals surface area contributed by atoms with E-state index >= 15 is 0 Å². The van der Waals surface area contributed by atoms with E-state index in [2.05, 4.69) is 0 Å². The zero-order valence-corrected chi connectivity index (χ0v) is 7.21. The van der Waals surface area contributed by atoms with Crippen LogP contribution < -0.4 is 11.5 Å². The fourth-order valence-corrected chi connectivity index (χ4v) is 0.793. The summed E-state index contributed by atoms with van der Waals surface area (Å²) in [4.78, 5) is 12.6. The fourth-order valence-electron chi connectivity index (χ4n) is 0.793. The van der Waals surface area contributed by atoms with Crippen molar-refractivity contribution in [2.45, 2.75) is 18.9 Å². The van der Waals surface area contributed by atoms with E-state index in [4.69, 9.17) is 11.5 Å². The highest BCUT2D eigenvalue weighted by Crippen LogP contribution is 1.95. The standard InChI is InChI=1S/C7H17N3O/c1-10(2)7(11)6(9)4-3-5-8/h6H,3-5,8-9H2,1-2H3. The third-order valence-electron chi connectivity index (χ3n) is 1.48. The summed E-state index contributed by atoms with van der Waals surface area (Å²) in [5.41, 5.74) is 10.8. The second-order valence-corrected chi connectivity index (χ2v) is 2.77. The summed E-state index contributed by atoms with van der Waals surface area (Å²) in [6.45, 7) is 0.592. The van der Waals surface area contributed by atoms with Gasteiger partial charge >= 0.3 is 0 Å². The van der Waals surface area contributed by atoms with Crippen LogP contribution in [0.4, 0.5) is 0 Å². The Labute approximate surface area is 67.5 Å². The van der Waals surface area contributed by atoms with E-state index in [1.54, 1.807) is 14.1 Å². The Bertz CT molecular complexity index is 125. The molecule has 66 valence electrons. The first kappa shape index (κ1) is 10.4. The summed E-state index contributed by atoms with van der Waals surface area (Å²) in [5, 5.41) is 0. The molecule has 0 saturated heterocycles. The molecule has 0 radical (unpaired) electrons. The van der Waals surface area contributed by atoms with Crippen molar-refractivity contribution >= 4 is 5.91 Å². The highest BCUT2D eigenvalue weighted by molar-refractivity contribution is 5.80. The van der Waals surface area contributed by atoms with Crippen LogP contribution in [0.2, 0.25) is 0 Å². The fraction of sp³-hybridized carbons (Fsp3) is 0.857. The molecule has 0 aromatic carbocycles. The van der Waals surface area contributed by atoms with Gasteiger partial charge in [-0.05, 0) is 19.4 Å². The molecule has 4 N–H and O–H groups in total. The van der Waals surface area contributed by atoms with Crippen molar-refractivity contribution in [3.63, 3.8) is 0 Å². The summed E-state index contributed by atoms with van der Waals surface area (Å²) in [6, 6.07) is -0.381. The maximum Gasteiger partial charge on any atom is 0.238 e. The second-order valence-electron chi connectivity index (χ2n) is 2.77. The largest absolute Gasteiger partial charge is 0.347 e. The van der Waals surface area contributed by atoms with Crippen molar-refractivity contribution in [1.29, 1.82) is 0 Å². The first-order valence-corrected chi connectivity index (χ1v) is 3.76. The number of nitrogens with zero attached hydrogens (tertiary/aromatic N) is 1. The summed E-state index contributed by atoms with van der Waals surface area (Å²) in [5.74, 6) is -0.0292. The van der Waals surface area contributed by atoms with Gasteiger partial charge in [0.25, 0.3) is 0 Å². The summed E-state index contributed by atoms with van der Waals surface area (Å²) in [7, 11) is 3.40. The Balaban J connectivity index is 3.64. The number of nitrogens with two attached hydrogens (primary N) is 2. The van der Waals surface area contributed by atoms with Crippen molar-refractivity contribution in [3.8, 4) is 0 Å². The molecule has 1 atom stereocenters. The lowest BCUT2D eigenvalue weighted by Gasteiger charge is -2.15. The molecule has 4 heteroatoms. The number of rotatable bonds is 4. The first-order valence-electron chi connectivity index (χ1n) is 3.76. The van der Waals surface area contributed by atoms with Crippen molar-refractivity contribution in [2.75, 3.05) is 20.6 Å². The van der Waals surface area contributed by atoms with E-state index in [0.717, 1.165) is 6.42 Å². The highest BCUT2D eigenvalue weighted by atomic mass is 16.2. The molecular formula is C7H17N3O. The lowest BCUT2D eigenvalue weighted by Crippen LogP contribution is -2.39. The molecule has 1 amide bonds. The molecular weight excluding hydrogens is 142 g/mol. The van der Waals surface area contributed by atoms with E-state index in [1.165, 1.54) is 4.90 Å². The Morgan fingerprint density at radius 1 is 1.55 bits per heavy atom. The smallest absolute Gasteiger partial charge is 0.238 e. The van der Waals surface area contributed by atoms with Gasteiger partial charge in [-0.2, -0.15) is 0 Å². The maximum absolute atomic E-state index is 11.1. The Morgan fingerprint density at radius 3 is 2.45 bits per heavy atom. The number of carbonyl (C=O) groups is 1. The zero-order valence-electron chi connectivity index (χ0n) is 7.21.